The summed E-state index contributed by atoms with van der Waals surface area (Å²) >= 11 is 0. The van der Waals surface area contributed by atoms with Crippen molar-refractivity contribution < 1.29 is 4.79 Å². The summed E-state index contributed by atoms with van der Waals surface area (Å²) in [6.07, 6.45) is 3.75. The predicted octanol–water partition coefficient (Wildman–Crippen LogP) is 5.07. The smallest absolute Gasteiger partial charge is 0.195 e. The normalized spacial score (nSPS) is 24.5. The summed E-state index contributed by atoms with van der Waals surface area (Å²) in [5.74, 6) is -0.162. The van der Waals surface area contributed by atoms with Crippen LogP contribution < -0.4 is 0 Å². The second-order valence-corrected chi connectivity index (χ2v) is 9.09. The highest BCUT2D eigenvalue weighted by atomic mass is 16.3. The maximum absolute atomic E-state index is 13.0. The zero-order chi connectivity index (χ0) is 16.9. The molecule has 1 aliphatic carbocycles. The Labute approximate surface area is 128 Å². The lowest BCUT2D eigenvalue weighted by Crippen LogP contribution is -2.51. The summed E-state index contributed by atoms with van der Waals surface area (Å²) in [6.45, 7) is 18.0. The van der Waals surface area contributed by atoms with Crippen LogP contribution in [0.5, 0.6) is 0 Å². The Morgan fingerprint density at radius 1 is 0.905 bits per heavy atom. The number of Topliss-reactive ketones (excluding diaryl/α,β-unsaturated/α-hetero) is 1. The van der Waals surface area contributed by atoms with Gasteiger partial charge in [-0.15, -0.1) is 4.91 Å². The molecule has 0 aromatic carbocycles. The summed E-state index contributed by atoms with van der Waals surface area (Å²) in [6, 6.07) is 0. The predicted molar refractivity (Wildman–Crippen MR) is 88.1 cm³/mol. The largest absolute Gasteiger partial charge is 0.291 e. The highest BCUT2D eigenvalue weighted by Crippen LogP contribution is 2.47. The van der Waals surface area contributed by atoms with Crippen LogP contribution in [0, 0.1) is 21.2 Å². The summed E-state index contributed by atoms with van der Waals surface area (Å²) < 4.78 is 0. The van der Waals surface area contributed by atoms with Gasteiger partial charge in [0.1, 0.15) is 0 Å². The van der Waals surface area contributed by atoms with Gasteiger partial charge in [0.25, 0.3) is 0 Å². The molecule has 0 spiro atoms. The van der Waals surface area contributed by atoms with Crippen molar-refractivity contribution in [3.8, 4) is 0 Å². The van der Waals surface area contributed by atoms with Crippen molar-refractivity contribution in [3.63, 3.8) is 0 Å². The van der Waals surface area contributed by atoms with Crippen LogP contribution in [0.4, 0.5) is 0 Å². The standard InChI is InChI=1S/C18H29NO2/c1-15(2,3)12-10-13(16(4,5)6)14(20)18(11-12,19-21)17(7,8)9/h10-11H,1-9H3. The van der Waals surface area contributed by atoms with Crippen molar-refractivity contribution in [1.82, 2.24) is 0 Å². The minimum absolute atomic E-state index is 0.140. The number of hydrogen-bond donors (Lipinski definition) is 0. The quantitative estimate of drug-likeness (QED) is 0.633. The molecule has 0 saturated heterocycles. The minimum Gasteiger partial charge on any atom is -0.291 e. The molecule has 0 amide bonds. The van der Waals surface area contributed by atoms with Gasteiger partial charge in [0, 0.05) is 11.0 Å². The molecule has 0 bridgehead atoms. The van der Waals surface area contributed by atoms with Crippen LogP contribution in [-0.4, -0.2) is 11.3 Å². The van der Waals surface area contributed by atoms with Gasteiger partial charge in [-0.1, -0.05) is 68.4 Å². The van der Waals surface area contributed by atoms with E-state index in [4.69, 9.17) is 0 Å². The third-order valence-electron chi connectivity index (χ3n) is 4.22. The first-order valence-electron chi connectivity index (χ1n) is 7.52. The summed E-state index contributed by atoms with van der Waals surface area (Å²) in [5, 5.41) is 3.34. The molecule has 0 aliphatic heterocycles. The molecule has 1 aliphatic rings. The van der Waals surface area contributed by atoms with Crippen molar-refractivity contribution in [3.05, 3.63) is 28.2 Å². The van der Waals surface area contributed by atoms with Gasteiger partial charge >= 0.3 is 0 Å². The molecule has 1 unspecified atom stereocenters. The molecule has 3 heteroatoms. The van der Waals surface area contributed by atoms with Crippen LogP contribution >= 0.6 is 0 Å². The Bertz CT molecular complexity index is 519. The molecule has 1 atom stereocenters. The Morgan fingerprint density at radius 3 is 1.67 bits per heavy atom. The third-order valence-corrected chi connectivity index (χ3v) is 4.22. The zero-order valence-electron chi connectivity index (χ0n) is 14.9. The van der Waals surface area contributed by atoms with Gasteiger partial charge in [0.15, 0.2) is 11.3 Å². The van der Waals surface area contributed by atoms with Gasteiger partial charge in [-0.2, -0.15) is 0 Å². The van der Waals surface area contributed by atoms with Crippen molar-refractivity contribution in [2.75, 3.05) is 0 Å². The maximum Gasteiger partial charge on any atom is 0.195 e. The minimum atomic E-state index is -1.33. The van der Waals surface area contributed by atoms with E-state index < -0.39 is 11.0 Å². The van der Waals surface area contributed by atoms with Gasteiger partial charge in [-0.3, -0.25) is 4.79 Å². The molecule has 0 N–H and O–H groups in total. The van der Waals surface area contributed by atoms with Crippen LogP contribution in [0.2, 0.25) is 0 Å². The van der Waals surface area contributed by atoms with Crippen LogP contribution in [0.1, 0.15) is 62.3 Å². The second kappa shape index (κ2) is 4.89. The molecular formula is C18H29NO2. The van der Waals surface area contributed by atoms with E-state index in [-0.39, 0.29) is 16.6 Å². The number of carbonyl (C=O) groups excluding carboxylic acids is 1. The number of nitroso groups, excluding NO2 is 1. The Balaban J connectivity index is 3.71. The van der Waals surface area contributed by atoms with Crippen LogP contribution in [-0.2, 0) is 4.79 Å². The van der Waals surface area contributed by atoms with Crippen LogP contribution in [0.15, 0.2) is 28.5 Å². The number of ketones is 1. The van der Waals surface area contributed by atoms with Crippen molar-refractivity contribution in [2.45, 2.75) is 67.9 Å². The van der Waals surface area contributed by atoms with Gasteiger partial charge in [-0.25, -0.2) is 0 Å². The lowest BCUT2D eigenvalue weighted by atomic mass is 9.61. The van der Waals surface area contributed by atoms with Crippen LogP contribution in [0.3, 0.4) is 0 Å². The van der Waals surface area contributed by atoms with Gasteiger partial charge in [0.2, 0.25) is 0 Å². The molecule has 0 radical (unpaired) electrons. The molecule has 0 heterocycles. The average molecular weight is 291 g/mol. The molecule has 0 aromatic heterocycles. The van der Waals surface area contributed by atoms with E-state index in [1.807, 2.05) is 47.6 Å². The first-order valence-corrected chi connectivity index (χ1v) is 7.52. The average Bonchev–Trinajstić information content (AvgIpc) is 2.24. The molecule has 118 valence electrons. The molecule has 1 rings (SSSR count). The van der Waals surface area contributed by atoms with Crippen molar-refractivity contribution >= 4 is 5.78 Å². The van der Waals surface area contributed by atoms with E-state index in [1.54, 1.807) is 6.08 Å². The van der Waals surface area contributed by atoms with Gasteiger partial charge in [0.05, 0.1) is 0 Å². The first kappa shape index (κ1) is 17.8. The maximum atomic E-state index is 13.0. The van der Waals surface area contributed by atoms with E-state index in [9.17, 15) is 9.70 Å². The number of carbonyl (C=O) groups is 1. The number of nitrogens with zero attached hydrogens (tertiary/aromatic N) is 1. The molecule has 3 nitrogen and oxygen atoms in total. The number of hydrogen-bond acceptors (Lipinski definition) is 3. The molecule has 0 fully saturated rings. The first-order chi connectivity index (χ1) is 9.17. The topological polar surface area (TPSA) is 46.5 Å². The van der Waals surface area contributed by atoms with Crippen molar-refractivity contribution in [2.24, 2.45) is 21.4 Å². The monoisotopic (exact) mass is 291 g/mol. The van der Waals surface area contributed by atoms with E-state index in [1.165, 1.54) is 0 Å². The van der Waals surface area contributed by atoms with Gasteiger partial charge < -0.3 is 0 Å². The van der Waals surface area contributed by atoms with E-state index in [0.29, 0.717) is 5.57 Å². The second-order valence-electron chi connectivity index (χ2n) is 9.09. The Morgan fingerprint density at radius 2 is 1.38 bits per heavy atom. The lowest BCUT2D eigenvalue weighted by molar-refractivity contribution is -0.123. The summed E-state index contributed by atoms with van der Waals surface area (Å²) in [5.41, 5.74) is -0.660. The summed E-state index contributed by atoms with van der Waals surface area (Å²) in [7, 11) is 0. The lowest BCUT2D eigenvalue weighted by Gasteiger charge is -2.42. The third kappa shape index (κ3) is 3.02. The van der Waals surface area contributed by atoms with E-state index >= 15 is 0 Å². The number of allylic oxidation sites excluding steroid dienone is 2. The van der Waals surface area contributed by atoms with Crippen LogP contribution in [0.25, 0.3) is 0 Å². The SMILES string of the molecule is CC(C)(C)C1=CC(N=O)(C(C)(C)C)C(=O)C(C(C)(C)C)=C1. The number of rotatable bonds is 1. The zero-order valence-corrected chi connectivity index (χ0v) is 14.9. The van der Waals surface area contributed by atoms with E-state index in [2.05, 4.69) is 25.9 Å². The summed E-state index contributed by atoms with van der Waals surface area (Å²) in [4.78, 5) is 24.8. The molecule has 0 saturated carbocycles. The fourth-order valence-electron chi connectivity index (χ4n) is 2.51. The fourth-order valence-corrected chi connectivity index (χ4v) is 2.51. The van der Waals surface area contributed by atoms with Gasteiger partial charge in [-0.05, 0) is 27.7 Å². The fraction of sp³-hybridized carbons (Fsp3) is 0.722. The highest BCUT2D eigenvalue weighted by Gasteiger charge is 2.53. The molecular weight excluding hydrogens is 262 g/mol. The highest BCUT2D eigenvalue weighted by molar-refractivity contribution is 6.07. The Hall–Kier alpha value is -1.25. The molecule has 0 aromatic rings. The molecule has 21 heavy (non-hydrogen) atoms. The van der Waals surface area contributed by atoms with E-state index in [0.717, 1.165) is 5.57 Å². The van der Waals surface area contributed by atoms with Crippen molar-refractivity contribution in [1.29, 1.82) is 0 Å². The Kier molecular flexibility index (Phi) is 4.15.